The van der Waals surface area contributed by atoms with Crippen LogP contribution in [0.5, 0.6) is 0 Å². The first-order chi connectivity index (χ1) is 8.54. The van der Waals surface area contributed by atoms with E-state index < -0.39 is 0 Å². The van der Waals surface area contributed by atoms with Gasteiger partial charge in [-0.1, -0.05) is 33.6 Å². The molecule has 2 rings (SSSR count). The Kier molecular flexibility index (Phi) is 4.71. The molecule has 18 heavy (non-hydrogen) atoms. The largest absolute Gasteiger partial charge is 0.378 e. The summed E-state index contributed by atoms with van der Waals surface area (Å²) in [7, 11) is 0. The Bertz CT molecular complexity index is 256. The number of nitrogens with one attached hydrogen (secondary N) is 1. The molecule has 0 aliphatic heterocycles. The predicted molar refractivity (Wildman–Crippen MR) is 76.7 cm³/mol. The van der Waals surface area contributed by atoms with E-state index in [9.17, 15) is 0 Å². The highest BCUT2D eigenvalue weighted by molar-refractivity contribution is 5.02. The zero-order valence-corrected chi connectivity index (χ0v) is 12.7. The molecule has 2 saturated carbocycles. The van der Waals surface area contributed by atoms with E-state index in [1.807, 2.05) is 0 Å². The summed E-state index contributed by atoms with van der Waals surface area (Å²) in [6.07, 6.45) is 7.38. The number of hydrogen-bond acceptors (Lipinski definition) is 2. The molecule has 106 valence electrons. The Balaban J connectivity index is 1.69. The van der Waals surface area contributed by atoms with Gasteiger partial charge in [0.25, 0.3) is 0 Å². The summed E-state index contributed by atoms with van der Waals surface area (Å²) in [5.74, 6) is 1.88. The van der Waals surface area contributed by atoms with Gasteiger partial charge in [-0.25, -0.2) is 0 Å². The maximum Gasteiger partial charge on any atom is 0.0655 e. The maximum atomic E-state index is 5.79. The minimum atomic E-state index is 0.317. The van der Waals surface area contributed by atoms with Crippen LogP contribution < -0.4 is 5.32 Å². The first kappa shape index (κ1) is 14.3. The molecule has 0 spiro atoms. The van der Waals surface area contributed by atoms with Crippen molar-refractivity contribution in [1.82, 2.24) is 5.32 Å². The van der Waals surface area contributed by atoms with Gasteiger partial charge in [-0.2, -0.15) is 0 Å². The van der Waals surface area contributed by atoms with E-state index >= 15 is 0 Å². The highest BCUT2D eigenvalue weighted by atomic mass is 16.5. The third kappa shape index (κ3) is 3.08. The van der Waals surface area contributed by atoms with Crippen LogP contribution in [0.4, 0.5) is 0 Å². The van der Waals surface area contributed by atoms with E-state index in [0.29, 0.717) is 17.6 Å². The quantitative estimate of drug-likeness (QED) is 0.808. The van der Waals surface area contributed by atoms with Crippen LogP contribution in [0.15, 0.2) is 0 Å². The van der Waals surface area contributed by atoms with E-state index in [2.05, 4.69) is 33.0 Å². The van der Waals surface area contributed by atoms with Crippen LogP contribution in [0, 0.1) is 17.3 Å². The van der Waals surface area contributed by atoms with Gasteiger partial charge in [-0.15, -0.1) is 0 Å². The Morgan fingerprint density at radius 2 is 1.83 bits per heavy atom. The fourth-order valence-electron chi connectivity index (χ4n) is 3.56. The molecule has 0 saturated heterocycles. The second-order valence-corrected chi connectivity index (χ2v) is 7.09. The van der Waals surface area contributed by atoms with Crippen LogP contribution >= 0.6 is 0 Å². The molecule has 2 aliphatic rings. The molecule has 0 heterocycles. The van der Waals surface area contributed by atoms with Gasteiger partial charge in [0.2, 0.25) is 0 Å². The standard InChI is InChI=1S/C16H31NO/c1-5-18-15-10-14(16(15,3)4)17-11-13-8-6-12(2)7-9-13/h12-15,17H,5-11H2,1-4H3. The van der Waals surface area contributed by atoms with E-state index in [0.717, 1.165) is 18.4 Å². The van der Waals surface area contributed by atoms with Crippen molar-refractivity contribution in [2.75, 3.05) is 13.2 Å². The lowest BCUT2D eigenvalue weighted by Gasteiger charge is -2.52. The van der Waals surface area contributed by atoms with Gasteiger partial charge in [-0.3, -0.25) is 0 Å². The summed E-state index contributed by atoms with van der Waals surface area (Å²) in [5, 5.41) is 3.80. The Morgan fingerprint density at radius 1 is 1.17 bits per heavy atom. The Labute approximate surface area is 113 Å². The van der Waals surface area contributed by atoms with Gasteiger partial charge in [0.05, 0.1) is 6.10 Å². The molecule has 2 nitrogen and oxygen atoms in total. The summed E-state index contributed by atoms with van der Waals surface area (Å²) in [6.45, 7) is 11.3. The SMILES string of the molecule is CCOC1CC(NCC2CCC(C)CC2)C1(C)C. The van der Waals surface area contributed by atoms with E-state index in [1.54, 1.807) is 0 Å². The number of ether oxygens (including phenoxy) is 1. The van der Waals surface area contributed by atoms with Gasteiger partial charge < -0.3 is 10.1 Å². The topological polar surface area (TPSA) is 21.3 Å². The monoisotopic (exact) mass is 253 g/mol. The summed E-state index contributed by atoms with van der Waals surface area (Å²) in [5.41, 5.74) is 0.317. The lowest BCUT2D eigenvalue weighted by Crippen LogP contribution is -2.61. The molecule has 0 bridgehead atoms. The lowest BCUT2D eigenvalue weighted by molar-refractivity contribution is -0.114. The minimum Gasteiger partial charge on any atom is -0.378 e. The van der Waals surface area contributed by atoms with Gasteiger partial charge in [0.15, 0.2) is 0 Å². The summed E-state index contributed by atoms with van der Waals surface area (Å²) in [6, 6.07) is 0.661. The molecule has 0 amide bonds. The van der Waals surface area contributed by atoms with Crippen LogP contribution in [-0.2, 0) is 4.74 Å². The third-order valence-corrected chi connectivity index (χ3v) is 5.33. The van der Waals surface area contributed by atoms with Crippen LogP contribution in [0.2, 0.25) is 0 Å². The lowest BCUT2D eigenvalue weighted by atomic mass is 9.64. The van der Waals surface area contributed by atoms with Gasteiger partial charge in [0.1, 0.15) is 0 Å². The van der Waals surface area contributed by atoms with E-state index in [1.165, 1.54) is 38.6 Å². The van der Waals surface area contributed by atoms with E-state index in [-0.39, 0.29) is 0 Å². The van der Waals surface area contributed by atoms with Crippen LogP contribution in [0.3, 0.4) is 0 Å². The van der Waals surface area contributed by atoms with Crippen molar-refractivity contribution in [2.24, 2.45) is 17.3 Å². The normalized spacial score (nSPS) is 39.3. The molecule has 0 aromatic carbocycles. The van der Waals surface area contributed by atoms with Crippen molar-refractivity contribution < 1.29 is 4.74 Å². The van der Waals surface area contributed by atoms with Crippen molar-refractivity contribution in [2.45, 2.75) is 71.9 Å². The second kappa shape index (κ2) is 5.92. The molecule has 2 aliphatic carbocycles. The first-order valence-electron chi connectivity index (χ1n) is 7.89. The zero-order chi connectivity index (χ0) is 13.2. The molecule has 2 fully saturated rings. The molecule has 2 atom stereocenters. The molecule has 1 N–H and O–H groups in total. The highest BCUT2D eigenvalue weighted by Crippen LogP contribution is 2.43. The van der Waals surface area contributed by atoms with Crippen LogP contribution in [0.1, 0.15) is 59.8 Å². The average molecular weight is 253 g/mol. The zero-order valence-electron chi connectivity index (χ0n) is 12.7. The Hall–Kier alpha value is -0.0800. The fourth-order valence-corrected chi connectivity index (χ4v) is 3.56. The molecule has 0 aromatic heterocycles. The van der Waals surface area contributed by atoms with Gasteiger partial charge >= 0.3 is 0 Å². The summed E-state index contributed by atoms with van der Waals surface area (Å²) in [4.78, 5) is 0. The van der Waals surface area contributed by atoms with Crippen molar-refractivity contribution in [1.29, 1.82) is 0 Å². The fraction of sp³-hybridized carbons (Fsp3) is 1.00. The molecular weight excluding hydrogens is 222 g/mol. The molecule has 2 heteroatoms. The van der Waals surface area contributed by atoms with Crippen LogP contribution in [0.25, 0.3) is 0 Å². The highest BCUT2D eigenvalue weighted by Gasteiger charge is 2.48. The van der Waals surface area contributed by atoms with Crippen molar-refractivity contribution in [3.8, 4) is 0 Å². The molecule has 0 aromatic rings. The summed E-state index contributed by atoms with van der Waals surface area (Å²) >= 11 is 0. The average Bonchev–Trinajstić information content (AvgIpc) is 2.35. The molecular formula is C16H31NO. The van der Waals surface area contributed by atoms with Gasteiger partial charge in [0, 0.05) is 18.1 Å². The predicted octanol–water partition coefficient (Wildman–Crippen LogP) is 3.61. The first-order valence-corrected chi connectivity index (χ1v) is 7.89. The Morgan fingerprint density at radius 3 is 2.39 bits per heavy atom. The van der Waals surface area contributed by atoms with Crippen LogP contribution in [-0.4, -0.2) is 25.3 Å². The van der Waals surface area contributed by atoms with Crippen molar-refractivity contribution in [3.05, 3.63) is 0 Å². The second-order valence-electron chi connectivity index (χ2n) is 7.09. The van der Waals surface area contributed by atoms with Crippen molar-refractivity contribution in [3.63, 3.8) is 0 Å². The maximum absolute atomic E-state index is 5.79. The molecule has 0 radical (unpaired) electrons. The minimum absolute atomic E-state index is 0.317. The van der Waals surface area contributed by atoms with Crippen molar-refractivity contribution >= 4 is 0 Å². The van der Waals surface area contributed by atoms with Gasteiger partial charge in [-0.05, 0) is 44.6 Å². The summed E-state index contributed by atoms with van der Waals surface area (Å²) < 4.78 is 5.79. The number of rotatable bonds is 5. The van der Waals surface area contributed by atoms with E-state index in [4.69, 9.17) is 4.74 Å². The number of hydrogen-bond donors (Lipinski definition) is 1. The smallest absolute Gasteiger partial charge is 0.0655 e. The third-order valence-electron chi connectivity index (χ3n) is 5.33. The molecule has 2 unspecified atom stereocenters.